The second-order valence-electron chi connectivity index (χ2n) is 4.49. The molecule has 3 unspecified atom stereocenters. The first-order valence-corrected chi connectivity index (χ1v) is 5.85. The van der Waals surface area contributed by atoms with Crippen LogP contribution in [0.15, 0.2) is 0 Å². The fourth-order valence-corrected chi connectivity index (χ4v) is 2.21. The number of methoxy groups -OCH3 is 1. The Bertz CT molecular complexity index is 303. The van der Waals surface area contributed by atoms with Crippen LogP contribution in [0.4, 0.5) is 13.2 Å². The van der Waals surface area contributed by atoms with Crippen LogP contribution in [-0.2, 0) is 4.74 Å². The van der Waals surface area contributed by atoms with Gasteiger partial charge in [-0.2, -0.15) is 18.4 Å². The minimum Gasteiger partial charge on any atom is -0.381 e. The average molecular weight is 265 g/mol. The van der Waals surface area contributed by atoms with Crippen LogP contribution in [0.1, 0.15) is 12.8 Å². The lowest BCUT2D eigenvalue weighted by Crippen LogP contribution is -2.51. The fourth-order valence-electron chi connectivity index (χ4n) is 2.21. The fraction of sp³-hybridized carbons (Fsp3) is 0.909. The van der Waals surface area contributed by atoms with E-state index < -0.39 is 12.1 Å². The predicted molar refractivity (Wildman–Crippen MR) is 59.6 cm³/mol. The van der Waals surface area contributed by atoms with Gasteiger partial charge in [0.15, 0.2) is 5.92 Å². The zero-order valence-corrected chi connectivity index (χ0v) is 10.3. The van der Waals surface area contributed by atoms with Crippen molar-refractivity contribution in [2.24, 2.45) is 11.7 Å². The van der Waals surface area contributed by atoms with Gasteiger partial charge in [0.2, 0.25) is 0 Å². The summed E-state index contributed by atoms with van der Waals surface area (Å²) in [6.45, 7) is 0.447. The van der Waals surface area contributed by atoms with E-state index in [0.717, 1.165) is 0 Å². The highest BCUT2D eigenvalue weighted by Gasteiger charge is 2.42. The Labute approximate surface area is 104 Å². The summed E-state index contributed by atoms with van der Waals surface area (Å²) in [5, 5.41) is 8.60. The Morgan fingerprint density at radius 2 is 2.22 bits per heavy atom. The molecular weight excluding hydrogens is 247 g/mol. The van der Waals surface area contributed by atoms with Crippen molar-refractivity contribution >= 4 is 0 Å². The quantitative estimate of drug-likeness (QED) is 0.827. The lowest BCUT2D eigenvalue weighted by atomic mass is 9.97. The topological polar surface area (TPSA) is 62.3 Å². The lowest BCUT2D eigenvalue weighted by molar-refractivity contribution is -0.166. The summed E-state index contributed by atoms with van der Waals surface area (Å²) in [7, 11) is 1.59. The number of hydrogen-bond donors (Lipinski definition) is 1. The van der Waals surface area contributed by atoms with Gasteiger partial charge in [-0.15, -0.1) is 0 Å². The molecule has 2 N–H and O–H groups in total. The summed E-state index contributed by atoms with van der Waals surface area (Å²) in [4.78, 5) is 1.65. The molecule has 1 heterocycles. The molecule has 0 amide bonds. The minimum atomic E-state index is -4.48. The summed E-state index contributed by atoms with van der Waals surface area (Å²) in [5.74, 6) is -1.95. The normalized spacial score (nSPS) is 27.8. The second-order valence-corrected chi connectivity index (χ2v) is 4.49. The van der Waals surface area contributed by atoms with Crippen molar-refractivity contribution in [3.8, 4) is 6.07 Å². The number of nitriles is 1. The SMILES string of the molecule is COC1CCN(CC(C#N)C(F)(F)F)C(CN)C1. The third kappa shape index (κ3) is 3.83. The Morgan fingerprint density at radius 3 is 2.67 bits per heavy atom. The first kappa shape index (κ1) is 15.2. The maximum atomic E-state index is 12.5. The van der Waals surface area contributed by atoms with Gasteiger partial charge in [-0.3, -0.25) is 4.90 Å². The van der Waals surface area contributed by atoms with E-state index in [1.807, 2.05) is 0 Å². The number of ether oxygens (including phenoxy) is 1. The van der Waals surface area contributed by atoms with E-state index in [1.165, 1.54) is 6.07 Å². The summed E-state index contributed by atoms with van der Waals surface area (Å²) in [6.07, 6.45) is -3.15. The maximum Gasteiger partial charge on any atom is 0.405 e. The second kappa shape index (κ2) is 6.36. The highest BCUT2D eigenvalue weighted by Crippen LogP contribution is 2.28. The molecule has 4 nitrogen and oxygen atoms in total. The van der Waals surface area contributed by atoms with E-state index in [4.69, 9.17) is 15.7 Å². The van der Waals surface area contributed by atoms with Crippen LogP contribution in [0.5, 0.6) is 0 Å². The largest absolute Gasteiger partial charge is 0.405 e. The third-order valence-electron chi connectivity index (χ3n) is 3.36. The van der Waals surface area contributed by atoms with Crippen LogP contribution < -0.4 is 5.73 Å². The first-order chi connectivity index (χ1) is 8.42. The molecule has 0 aliphatic carbocycles. The average Bonchev–Trinajstić information content (AvgIpc) is 2.34. The first-order valence-electron chi connectivity index (χ1n) is 5.85. The van der Waals surface area contributed by atoms with Gasteiger partial charge in [0.25, 0.3) is 0 Å². The molecule has 104 valence electrons. The van der Waals surface area contributed by atoms with E-state index in [9.17, 15) is 13.2 Å². The van der Waals surface area contributed by atoms with Gasteiger partial charge < -0.3 is 10.5 Å². The number of nitrogens with two attached hydrogens (primary N) is 1. The van der Waals surface area contributed by atoms with Crippen LogP contribution in [-0.4, -0.2) is 50.0 Å². The number of nitrogens with zero attached hydrogens (tertiary/aromatic N) is 2. The van der Waals surface area contributed by atoms with Crippen LogP contribution in [0.3, 0.4) is 0 Å². The van der Waals surface area contributed by atoms with Gasteiger partial charge in [-0.1, -0.05) is 0 Å². The highest BCUT2D eigenvalue weighted by atomic mass is 19.4. The Hall–Kier alpha value is -0.840. The molecule has 0 aromatic carbocycles. The predicted octanol–water partition coefficient (Wildman–Crippen LogP) is 1.13. The number of alkyl halides is 3. The van der Waals surface area contributed by atoms with Gasteiger partial charge in [0, 0.05) is 32.8 Å². The van der Waals surface area contributed by atoms with Crippen molar-refractivity contribution in [3.05, 3.63) is 0 Å². The molecule has 1 aliphatic rings. The van der Waals surface area contributed by atoms with E-state index >= 15 is 0 Å². The van der Waals surface area contributed by atoms with Crippen LogP contribution >= 0.6 is 0 Å². The summed E-state index contributed by atoms with van der Waals surface area (Å²) >= 11 is 0. The van der Waals surface area contributed by atoms with Crippen molar-refractivity contribution in [2.75, 3.05) is 26.7 Å². The van der Waals surface area contributed by atoms with Gasteiger partial charge in [0.05, 0.1) is 12.2 Å². The molecule has 0 aromatic heterocycles. The van der Waals surface area contributed by atoms with E-state index in [2.05, 4.69) is 0 Å². The molecule has 3 atom stereocenters. The monoisotopic (exact) mass is 265 g/mol. The van der Waals surface area contributed by atoms with Crippen molar-refractivity contribution in [1.82, 2.24) is 4.90 Å². The molecule has 1 fully saturated rings. The lowest BCUT2D eigenvalue weighted by Gasteiger charge is -2.39. The molecule has 1 aliphatic heterocycles. The minimum absolute atomic E-state index is 0.0428. The number of piperidine rings is 1. The van der Waals surface area contributed by atoms with E-state index in [1.54, 1.807) is 12.0 Å². The summed E-state index contributed by atoms with van der Waals surface area (Å²) < 4.78 is 42.8. The molecule has 0 radical (unpaired) electrons. The van der Waals surface area contributed by atoms with E-state index in [-0.39, 0.29) is 25.2 Å². The number of rotatable bonds is 4. The Kier molecular flexibility index (Phi) is 5.38. The standard InChI is InChI=1S/C11H18F3N3O/c1-18-10-2-3-17(9(4-10)6-16)7-8(5-15)11(12,13)14/h8-10H,2-4,6-7,16H2,1H3. The Balaban J connectivity index is 2.63. The van der Waals surface area contributed by atoms with Gasteiger partial charge in [0.1, 0.15) is 0 Å². The molecule has 0 spiro atoms. The van der Waals surface area contributed by atoms with Gasteiger partial charge >= 0.3 is 6.18 Å². The zero-order chi connectivity index (χ0) is 13.8. The van der Waals surface area contributed by atoms with Crippen molar-refractivity contribution in [2.45, 2.75) is 31.2 Å². The van der Waals surface area contributed by atoms with Crippen LogP contribution in [0, 0.1) is 17.2 Å². The molecule has 0 bridgehead atoms. The maximum absolute atomic E-state index is 12.5. The molecule has 0 aromatic rings. The molecular formula is C11H18F3N3O. The molecule has 18 heavy (non-hydrogen) atoms. The number of hydrogen-bond acceptors (Lipinski definition) is 4. The van der Waals surface area contributed by atoms with E-state index in [0.29, 0.717) is 19.4 Å². The summed E-state index contributed by atoms with van der Waals surface area (Å²) in [6, 6.07) is 1.17. The molecule has 1 rings (SSSR count). The number of halogens is 3. The summed E-state index contributed by atoms with van der Waals surface area (Å²) in [5.41, 5.74) is 5.58. The smallest absolute Gasteiger partial charge is 0.381 e. The number of likely N-dealkylation sites (tertiary alicyclic amines) is 1. The molecule has 1 saturated heterocycles. The van der Waals surface area contributed by atoms with Crippen molar-refractivity contribution in [1.29, 1.82) is 5.26 Å². The molecule has 7 heteroatoms. The zero-order valence-electron chi connectivity index (χ0n) is 10.3. The third-order valence-corrected chi connectivity index (χ3v) is 3.36. The van der Waals surface area contributed by atoms with Crippen LogP contribution in [0.2, 0.25) is 0 Å². The van der Waals surface area contributed by atoms with Crippen molar-refractivity contribution < 1.29 is 17.9 Å². The highest BCUT2D eigenvalue weighted by molar-refractivity contribution is 4.93. The molecule has 0 saturated carbocycles. The van der Waals surface area contributed by atoms with Crippen molar-refractivity contribution in [3.63, 3.8) is 0 Å². The Morgan fingerprint density at radius 1 is 1.56 bits per heavy atom. The van der Waals surface area contributed by atoms with Crippen LogP contribution in [0.25, 0.3) is 0 Å². The van der Waals surface area contributed by atoms with Gasteiger partial charge in [-0.25, -0.2) is 0 Å². The van der Waals surface area contributed by atoms with Gasteiger partial charge in [-0.05, 0) is 12.8 Å².